The zero-order chi connectivity index (χ0) is 8.15. The Morgan fingerprint density at radius 2 is 2.30 bits per heavy atom. The van der Waals surface area contributed by atoms with E-state index in [-0.39, 0.29) is 5.57 Å². The average molecular weight is 142 g/mol. The number of carbonyl (C=O) groups excluding carboxylic acids is 1. The van der Waals surface area contributed by atoms with E-state index in [4.69, 9.17) is 5.11 Å². The van der Waals surface area contributed by atoms with Gasteiger partial charge in [-0.3, -0.25) is 0 Å². The molecule has 0 heterocycles. The first-order valence-corrected chi connectivity index (χ1v) is 3.00. The molecule has 0 aliphatic rings. The molecule has 1 N–H and O–H groups in total. The predicted octanol–water partition coefficient (Wildman–Crippen LogP) is 0.852. The fourth-order valence-corrected chi connectivity index (χ4v) is 0.583. The maximum absolute atomic E-state index is 10.2. The minimum absolute atomic E-state index is 0.0301. The van der Waals surface area contributed by atoms with Crippen molar-refractivity contribution in [3.63, 3.8) is 0 Å². The number of hydrogen-bond acceptors (Lipinski definition) is 2. The molecule has 0 bridgehead atoms. The summed E-state index contributed by atoms with van der Waals surface area (Å²) < 4.78 is 0. The van der Waals surface area contributed by atoms with Crippen LogP contribution in [0.4, 0.5) is 0 Å². The van der Waals surface area contributed by atoms with Gasteiger partial charge < -0.3 is 9.90 Å². The molecule has 0 aromatic heterocycles. The standard InChI is InChI=1S/C7H10O3/c1-3-6(4-8)5(2)7(9)10/h4,6H,2-3H2,1H3,(H,9,10). The summed E-state index contributed by atoms with van der Waals surface area (Å²) in [6, 6.07) is 0. The van der Waals surface area contributed by atoms with Gasteiger partial charge in [-0.05, 0) is 6.42 Å². The summed E-state index contributed by atoms with van der Waals surface area (Å²) in [7, 11) is 0. The SMILES string of the molecule is C=C(C(=O)O)C(C=O)CC. The van der Waals surface area contributed by atoms with Gasteiger partial charge in [0.05, 0.1) is 0 Å². The lowest BCUT2D eigenvalue weighted by molar-refractivity contribution is -0.134. The fourth-order valence-electron chi connectivity index (χ4n) is 0.583. The molecule has 3 nitrogen and oxygen atoms in total. The fraction of sp³-hybridized carbons (Fsp3) is 0.429. The van der Waals surface area contributed by atoms with Gasteiger partial charge in [0.2, 0.25) is 0 Å². The van der Waals surface area contributed by atoms with E-state index in [0.717, 1.165) is 0 Å². The van der Waals surface area contributed by atoms with Crippen molar-refractivity contribution in [3.8, 4) is 0 Å². The first-order valence-electron chi connectivity index (χ1n) is 3.00. The summed E-state index contributed by atoms with van der Waals surface area (Å²) in [5.41, 5.74) is -0.0301. The number of carboxylic acid groups (broad SMARTS) is 1. The summed E-state index contributed by atoms with van der Waals surface area (Å²) in [4.78, 5) is 20.4. The van der Waals surface area contributed by atoms with E-state index in [1.165, 1.54) is 0 Å². The van der Waals surface area contributed by atoms with Crippen molar-refractivity contribution >= 4 is 12.3 Å². The van der Waals surface area contributed by atoms with E-state index in [2.05, 4.69) is 6.58 Å². The van der Waals surface area contributed by atoms with Crippen LogP contribution in [0, 0.1) is 5.92 Å². The maximum Gasteiger partial charge on any atom is 0.331 e. The molecule has 0 aromatic carbocycles. The van der Waals surface area contributed by atoms with Crippen LogP contribution in [0.2, 0.25) is 0 Å². The number of rotatable bonds is 4. The molecule has 1 atom stereocenters. The molecule has 10 heavy (non-hydrogen) atoms. The molecule has 0 rings (SSSR count). The summed E-state index contributed by atoms with van der Waals surface area (Å²) in [6.45, 7) is 5.01. The molecular weight excluding hydrogens is 132 g/mol. The Morgan fingerprint density at radius 1 is 1.80 bits per heavy atom. The first-order chi connectivity index (χ1) is 4.63. The van der Waals surface area contributed by atoms with E-state index < -0.39 is 11.9 Å². The molecule has 0 amide bonds. The molecule has 0 saturated carbocycles. The van der Waals surface area contributed by atoms with Crippen LogP contribution in [0.1, 0.15) is 13.3 Å². The lowest BCUT2D eigenvalue weighted by Crippen LogP contribution is -2.11. The van der Waals surface area contributed by atoms with Crippen LogP contribution in [0.25, 0.3) is 0 Å². The number of aldehydes is 1. The molecule has 1 unspecified atom stereocenters. The zero-order valence-electron chi connectivity index (χ0n) is 5.83. The Kier molecular flexibility index (Phi) is 3.39. The second-order valence-corrected chi connectivity index (χ2v) is 1.98. The van der Waals surface area contributed by atoms with Gasteiger partial charge >= 0.3 is 5.97 Å². The maximum atomic E-state index is 10.2. The highest BCUT2D eigenvalue weighted by Crippen LogP contribution is 2.09. The van der Waals surface area contributed by atoms with E-state index in [1.807, 2.05) is 0 Å². The van der Waals surface area contributed by atoms with Crippen LogP contribution in [-0.4, -0.2) is 17.4 Å². The highest BCUT2D eigenvalue weighted by atomic mass is 16.4. The highest BCUT2D eigenvalue weighted by Gasteiger charge is 2.14. The molecule has 0 aliphatic heterocycles. The second kappa shape index (κ2) is 3.82. The van der Waals surface area contributed by atoms with Gasteiger partial charge in [-0.2, -0.15) is 0 Å². The van der Waals surface area contributed by atoms with E-state index in [1.54, 1.807) is 6.92 Å². The molecular formula is C7H10O3. The minimum atomic E-state index is -1.10. The average Bonchev–Trinajstić information content (AvgIpc) is 1.90. The Balaban J connectivity index is 4.15. The van der Waals surface area contributed by atoms with Crippen LogP contribution < -0.4 is 0 Å². The van der Waals surface area contributed by atoms with Crippen molar-refractivity contribution in [2.24, 2.45) is 5.92 Å². The van der Waals surface area contributed by atoms with Gasteiger partial charge in [0.15, 0.2) is 0 Å². The predicted molar refractivity (Wildman–Crippen MR) is 36.6 cm³/mol. The second-order valence-electron chi connectivity index (χ2n) is 1.98. The molecule has 0 aromatic rings. The van der Waals surface area contributed by atoms with Crippen molar-refractivity contribution < 1.29 is 14.7 Å². The van der Waals surface area contributed by atoms with Gasteiger partial charge in [-0.1, -0.05) is 13.5 Å². The summed E-state index contributed by atoms with van der Waals surface area (Å²) in [5, 5.41) is 8.36. The summed E-state index contributed by atoms with van der Waals surface area (Å²) >= 11 is 0. The molecule has 0 aliphatic carbocycles. The van der Waals surface area contributed by atoms with Crippen LogP contribution >= 0.6 is 0 Å². The Morgan fingerprint density at radius 3 is 2.40 bits per heavy atom. The zero-order valence-corrected chi connectivity index (χ0v) is 5.83. The van der Waals surface area contributed by atoms with Crippen molar-refractivity contribution in [2.45, 2.75) is 13.3 Å². The number of hydrogen-bond donors (Lipinski definition) is 1. The number of carbonyl (C=O) groups is 2. The van der Waals surface area contributed by atoms with Crippen molar-refractivity contribution in [3.05, 3.63) is 12.2 Å². The van der Waals surface area contributed by atoms with Gasteiger partial charge in [0, 0.05) is 11.5 Å². The lowest BCUT2D eigenvalue weighted by atomic mass is 10.00. The summed E-state index contributed by atoms with van der Waals surface area (Å²) in [6.07, 6.45) is 1.10. The third-order valence-electron chi connectivity index (χ3n) is 1.33. The smallest absolute Gasteiger partial charge is 0.331 e. The number of aliphatic carboxylic acids is 1. The molecule has 0 radical (unpaired) electrons. The van der Waals surface area contributed by atoms with Gasteiger partial charge in [0.1, 0.15) is 6.29 Å². The lowest BCUT2D eigenvalue weighted by Gasteiger charge is -2.04. The molecule has 56 valence electrons. The van der Waals surface area contributed by atoms with Crippen LogP contribution in [0.15, 0.2) is 12.2 Å². The van der Waals surface area contributed by atoms with Crippen molar-refractivity contribution in [2.75, 3.05) is 0 Å². The normalized spacial score (nSPS) is 12.1. The van der Waals surface area contributed by atoms with E-state index in [9.17, 15) is 9.59 Å². The third kappa shape index (κ3) is 2.01. The summed E-state index contributed by atoms with van der Waals surface area (Å²) in [5.74, 6) is -1.63. The highest BCUT2D eigenvalue weighted by molar-refractivity contribution is 5.90. The third-order valence-corrected chi connectivity index (χ3v) is 1.33. The van der Waals surface area contributed by atoms with Crippen LogP contribution in [0.3, 0.4) is 0 Å². The Labute approximate surface area is 59.4 Å². The topological polar surface area (TPSA) is 54.4 Å². The molecule has 0 fully saturated rings. The Hall–Kier alpha value is -1.12. The van der Waals surface area contributed by atoms with E-state index in [0.29, 0.717) is 12.7 Å². The van der Waals surface area contributed by atoms with Gasteiger partial charge in [-0.25, -0.2) is 4.79 Å². The quantitative estimate of drug-likeness (QED) is 0.467. The molecule has 0 saturated heterocycles. The first kappa shape index (κ1) is 8.88. The minimum Gasteiger partial charge on any atom is -0.478 e. The number of carboxylic acids is 1. The van der Waals surface area contributed by atoms with Gasteiger partial charge in [-0.15, -0.1) is 0 Å². The van der Waals surface area contributed by atoms with E-state index >= 15 is 0 Å². The molecule has 0 spiro atoms. The molecule has 3 heteroatoms. The van der Waals surface area contributed by atoms with Gasteiger partial charge in [0.25, 0.3) is 0 Å². The monoisotopic (exact) mass is 142 g/mol. The van der Waals surface area contributed by atoms with Crippen molar-refractivity contribution in [1.82, 2.24) is 0 Å². The van der Waals surface area contributed by atoms with Crippen molar-refractivity contribution in [1.29, 1.82) is 0 Å². The van der Waals surface area contributed by atoms with Crippen LogP contribution in [0.5, 0.6) is 0 Å². The van der Waals surface area contributed by atoms with Crippen LogP contribution in [-0.2, 0) is 9.59 Å². The Bertz CT molecular complexity index is 160. The largest absolute Gasteiger partial charge is 0.478 e.